The molecular formula is C16H21NO5. The summed E-state index contributed by atoms with van der Waals surface area (Å²) in [6.07, 6.45) is 0.0949. The quantitative estimate of drug-likeness (QED) is 0.886. The van der Waals surface area contributed by atoms with Gasteiger partial charge in [-0.25, -0.2) is 0 Å². The largest absolute Gasteiger partial charge is 0.496 e. The van der Waals surface area contributed by atoms with Crippen molar-refractivity contribution in [3.8, 4) is 5.75 Å². The van der Waals surface area contributed by atoms with Crippen molar-refractivity contribution < 1.29 is 24.2 Å². The highest BCUT2D eigenvalue weighted by Crippen LogP contribution is 2.22. The molecule has 22 heavy (non-hydrogen) atoms. The number of carboxylic acid groups (broad SMARTS) is 1. The van der Waals surface area contributed by atoms with Gasteiger partial charge < -0.3 is 19.5 Å². The van der Waals surface area contributed by atoms with Crippen molar-refractivity contribution in [2.24, 2.45) is 0 Å². The molecule has 120 valence electrons. The third kappa shape index (κ3) is 3.98. The highest BCUT2D eigenvalue weighted by molar-refractivity contribution is 5.81. The van der Waals surface area contributed by atoms with Crippen molar-refractivity contribution in [3.63, 3.8) is 0 Å². The smallest absolute Gasteiger partial charge is 0.305 e. The number of rotatable bonds is 5. The normalized spacial score (nSPS) is 18.1. The van der Waals surface area contributed by atoms with Crippen LogP contribution in [0, 0.1) is 6.92 Å². The lowest BCUT2D eigenvalue weighted by Gasteiger charge is -2.35. The molecular weight excluding hydrogens is 286 g/mol. The van der Waals surface area contributed by atoms with E-state index in [4.69, 9.17) is 14.6 Å². The van der Waals surface area contributed by atoms with Crippen molar-refractivity contribution in [1.82, 2.24) is 4.90 Å². The maximum absolute atomic E-state index is 12.6. The molecule has 6 heteroatoms. The van der Waals surface area contributed by atoms with Crippen LogP contribution >= 0.6 is 0 Å². The molecule has 6 nitrogen and oxygen atoms in total. The number of aryl methyl sites for hydroxylation is 1. The first-order chi connectivity index (χ1) is 10.5. The molecule has 1 fully saturated rings. The number of ether oxygens (including phenoxy) is 2. The van der Waals surface area contributed by atoms with Gasteiger partial charge >= 0.3 is 5.97 Å². The van der Waals surface area contributed by atoms with Crippen LogP contribution in [-0.2, 0) is 20.7 Å². The van der Waals surface area contributed by atoms with E-state index in [0.717, 1.165) is 11.1 Å². The van der Waals surface area contributed by atoms with Crippen LogP contribution in [0.2, 0.25) is 0 Å². The fraction of sp³-hybridized carbons (Fsp3) is 0.500. The first kappa shape index (κ1) is 16.3. The second-order valence-electron chi connectivity index (χ2n) is 5.41. The molecule has 1 aliphatic heterocycles. The van der Waals surface area contributed by atoms with E-state index in [-0.39, 0.29) is 25.4 Å². The number of carboxylic acids is 1. The Hall–Kier alpha value is -2.08. The highest BCUT2D eigenvalue weighted by atomic mass is 16.5. The van der Waals surface area contributed by atoms with E-state index in [1.165, 1.54) is 0 Å². The molecule has 1 atom stereocenters. The molecule has 2 rings (SSSR count). The molecule has 1 aromatic carbocycles. The van der Waals surface area contributed by atoms with Crippen LogP contribution < -0.4 is 4.74 Å². The maximum Gasteiger partial charge on any atom is 0.305 e. The van der Waals surface area contributed by atoms with E-state index in [1.54, 1.807) is 12.0 Å². The Morgan fingerprint density at radius 1 is 1.45 bits per heavy atom. The number of benzene rings is 1. The lowest BCUT2D eigenvalue weighted by Crippen LogP contribution is -2.50. The minimum Gasteiger partial charge on any atom is -0.496 e. The average molecular weight is 307 g/mol. The molecule has 1 aliphatic rings. The van der Waals surface area contributed by atoms with Crippen molar-refractivity contribution in [2.45, 2.75) is 25.8 Å². The predicted octanol–water partition coefficient (Wildman–Crippen LogP) is 1.25. The van der Waals surface area contributed by atoms with Gasteiger partial charge in [0, 0.05) is 12.1 Å². The standard InChI is InChI=1S/C16H21NO5/c1-11-3-4-14(21-2)12(7-11)8-15(18)17-5-6-22-10-13(17)9-16(19)20/h3-4,7,13H,5-6,8-10H2,1-2H3,(H,19,20). The van der Waals surface area contributed by atoms with E-state index in [1.807, 2.05) is 25.1 Å². The van der Waals surface area contributed by atoms with Gasteiger partial charge in [0.05, 0.1) is 39.2 Å². The summed E-state index contributed by atoms with van der Waals surface area (Å²) >= 11 is 0. The summed E-state index contributed by atoms with van der Waals surface area (Å²) in [5.41, 5.74) is 1.86. The average Bonchev–Trinajstić information content (AvgIpc) is 2.47. The van der Waals surface area contributed by atoms with Crippen LogP contribution in [-0.4, -0.2) is 54.8 Å². The number of amides is 1. The van der Waals surface area contributed by atoms with Gasteiger partial charge in [-0.2, -0.15) is 0 Å². The van der Waals surface area contributed by atoms with Crippen LogP contribution in [0.4, 0.5) is 0 Å². The van der Waals surface area contributed by atoms with Crippen LogP contribution in [0.3, 0.4) is 0 Å². The minimum atomic E-state index is -0.929. The molecule has 1 N–H and O–H groups in total. The van der Waals surface area contributed by atoms with Crippen LogP contribution in [0.5, 0.6) is 5.75 Å². The Labute approximate surface area is 129 Å². The molecule has 1 aromatic rings. The Balaban J connectivity index is 2.13. The van der Waals surface area contributed by atoms with E-state index >= 15 is 0 Å². The second kappa shape index (κ2) is 7.26. The Morgan fingerprint density at radius 2 is 2.23 bits per heavy atom. The number of carbonyl (C=O) groups excluding carboxylic acids is 1. The summed E-state index contributed by atoms with van der Waals surface area (Å²) in [4.78, 5) is 25.1. The Morgan fingerprint density at radius 3 is 2.91 bits per heavy atom. The lowest BCUT2D eigenvalue weighted by molar-refractivity contribution is -0.145. The molecule has 1 heterocycles. The predicted molar refractivity (Wildman–Crippen MR) is 80.0 cm³/mol. The summed E-state index contributed by atoms with van der Waals surface area (Å²) < 4.78 is 10.6. The van der Waals surface area contributed by atoms with Gasteiger partial charge in [-0.3, -0.25) is 9.59 Å². The van der Waals surface area contributed by atoms with Gasteiger partial charge in [0.25, 0.3) is 0 Å². The van der Waals surface area contributed by atoms with Crippen molar-refractivity contribution in [1.29, 1.82) is 0 Å². The summed E-state index contributed by atoms with van der Waals surface area (Å²) in [5.74, 6) is -0.359. The number of hydrogen-bond donors (Lipinski definition) is 1. The van der Waals surface area contributed by atoms with Crippen LogP contribution in [0.15, 0.2) is 18.2 Å². The van der Waals surface area contributed by atoms with Gasteiger partial charge in [-0.1, -0.05) is 17.7 Å². The van der Waals surface area contributed by atoms with Gasteiger partial charge in [0.1, 0.15) is 5.75 Å². The number of carbonyl (C=O) groups is 2. The van der Waals surface area contributed by atoms with E-state index in [9.17, 15) is 9.59 Å². The van der Waals surface area contributed by atoms with Gasteiger partial charge in [-0.15, -0.1) is 0 Å². The molecule has 1 saturated heterocycles. The number of morpholine rings is 1. The van der Waals surface area contributed by atoms with Gasteiger partial charge in [0.2, 0.25) is 5.91 Å². The molecule has 1 unspecified atom stereocenters. The summed E-state index contributed by atoms with van der Waals surface area (Å²) in [6, 6.07) is 5.28. The topological polar surface area (TPSA) is 76.1 Å². The Kier molecular flexibility index (Phi) is 5.38. The van der Waals surface area contributed by atoms with Crippen LogP contribution in [0.1, 0.15) is 17.5 Å². The third-order valence-corrected chi connectivity index (χ3v) is 3.74. The fourth-order valence-corrected chi connectivity index (χ4v) is 2.66. The number of aliphatic carboxylic acids is 1. The van der Waals surface area contributed by atoms with E-state index < -0.39 is 12.0 Å². The third-order valence-electron chi connectivity index (χ3n) is 3.74. The minimum absolute atomic E-state index is 0.0987. The molecule has 1 amide bonds. The lowest BCUT2D eigenvalue weighted by atomic mass is 10.0. The molecule has 0 spiro atoms. The van der Waals surface area contributed by atoms with E-state index in [0.29, 0.717) is 18.9 Å². The van der Waals surface area contributed by atoms with Crippen LogP contribution in [0.25, 0.3) is 0 Å². The second-order valence-corrected chi connectivity index (χ2v) is 5.41. The molecule has 0 saturated carbocycles. The summed E-state index contributed by atoms with van der Waals surface area (Å²) in [7, 11) is 1.57. The molecule has 0 aromatic heterocycles. The molecule has 0 bridgehead atoms. The Bertz CT molecular complexity index is 557. The summed E-state index contributed by atoms with van der Waals surface area (Å²) in [6.45, 7) is 3.08. The first-order valence-corrected chi connectivity index (χ1v) is 7.23. The van der Waals surface area contributed by atoms with Gasteiger partial charge in [-0.05, 0) is 13.0 Å². The van der Waals surface area contributed by atoms with Crippen molar-refractivity contribution in [2.75, 3.05) is 26.9 Å². The highest BCUT2D eigenvalue weighted by Gasteiger charge is 2.29. The SMILES string of the molecule is COc1ccc(C)cc1CC(=O)N1CCOCC1CC(=O)O. The maximum atomic E-state index is 12.6. The van der Waals surface area contributed by atoms with Crippen molar-refractivity contribution in [3.05, 3.63) is 29.3 Å². The number of nitrogens with zero attached hydrogens (tertiary/aromatic N) is 1. The van der Waals surface area contributed by atoms with Crippen molar-refractivity contribution >= 4 is 11.9 Å². The van der Waals surface area contributed by atoms with Gasteiger partial charge in [0.15, 0.2) is 0 Å². The number of hydrogen-bond acceptors (Lipinski definition) is 4. The van der Waals surface area contributed by atoms with E-state index in [2.05, 4.69) is 0 Å². The zero-order valence-electron chi connectivity index (χ0n) is 12.9. The zero-order chi connectivity index (χ0) is 16.1. The molecule has 0 radical (unpaired) electrons. The first-order valence-electron chi connectivity index (χ1n) is 7.23. The summed E-state index contributed by atoms with van der Waals surface area (Å²) in [5, 5.41) is 8.96. The number of methoxy groups -OCH3 is 1. The zero-order valence-corrected chi connectivity index (χ0v) is 12.9. The fourth-order valence-electron chi connectivity index (χ4n) is 2.66. The molecule has 0 aliphatic carbocycles. The monoisotopic (exact) mass is 307 g/mol.